The fraction of sp³-hybridized carbons (Fsp3) is 0.600. The molecule has 2 heterocycles. The zero-order valence-corrected chi connectivity index (χ0v) is 7.32. The molecule has 0 bridgehead atoms. The molecule has 12 heavy (non-hydrogen) atoms. The Morgan fingerprint density at radius 2 is 2.25 bits per heavy atom. The highest BCUT2D eigenvalue weighted by Gasteiger charge is 2.37. The molecule has 66 valence electrons. The Morgan fingerprint density at radius 3 is 2.83 bits per heavy atom. The lowest BCUT2D eigenvalue weighted by molar-refractivity contribution is -0.102. The zero-order chi connectivity index (χ0) is 8.44. The van der Waals surface area contributed by atoms with Crippen LogP contribution in [0.15, 0.2) is 24.5 Å². The molecule has 0 unspecified atom stereocenters. The molecule has 2 aliphatic rings. The predicted molar refractivity (Wildman–Crippen MR) is 46.7 cm³/mol. The summed E-state index contributed by atoms with van der Waals surface area (Å²) in [5.41, 5.74) is -0.113. The highest BCUT2D eigenvalue weighted by atomic mass is 16.5. The van der Waals surface area contributed by atoms with E-state index in [-0.39, 0.29) is 11.7 Å². The maximum Gasteiger partial charge on any atom is 0.130 e. The van der Waals surface area contributed by atoms with Crippen molar-refractivity contribution >= 4 is 0 Å². The van der Waals surface area contributed by atoms with Gasteiger partial charge < -0.3 is 9.47 Å². The smallest absolute Gasteiger partial charge is 0.130 e. The molecule has 0 fully saturated rings. The molecule has 0 aromatic rings. The second kappa shape index (κ2) is 2.94. The lowest BCUT2D eigenvalue weighted by atomic mass is 9.91. The Bertz CT molecular complexity index is 212. The summed E-state index contributed by atoms with van der Waals surface area (Å²) in [7, 11) is 0. The van der Waals surface area contributed by atoms with Crippen molar-refractivity contribution in [2.45, 2.75) is 31.5 Å². The van der Waals surface area contributed by atoms with Gasteiger partial charge in [-0.2, -0.15) is 0 Å². The first-order valence-electron chi connectivity index (χ1n) is 4.41. The van der Waals surface area contributed by atoms with Crippen LogP contribution in [-0.4, -0.2) is 18.3 Å². The number of hydrogen-bond acceptors (Lipinski definition) is 2. The molecule has 2 aliphatic heterocycles. The lowest BCUT2D eigenvalue weighted by Gasteiger charge is -2.35. The summed E-state index contributed by atoms with van der Waals surface area (Å²) in [6.07, 6.45) is 10.2. The van der Waals surface area contributed by atoms with Crippen LogP contribution in [0.2, 0.25) is 0 Å². The van der Waals surface area contributed by atoms with Crippen LogP contribution >= 0.6 is 0 Å². The van der Waals surface area contributed by atoms with E-state index in [1.807, 2.05) is 0 Å². The third kappa shape index (κ3) is 1.27. The summed E-state index contributed by atoms with van der Waals surface area (Å²) in [6, 6.07) is 0. The Morgan fingerprint density at radius 1 is 1.33 bits per heavy atom. The van der Waals surface area contributed by atoms with Crippen molar-refractivity contribution in [3.8, 4) is 0 Å². The van der Waals surface area contributed by atoms with Crippen molar-refractivity contribution in [3.05, 3.63) is 24.5 Å². The minimum atomic E-state index is -0.113. The summed E-state index contributed by atoms with van der Waals surface area (Å²) in [4.78, 5) is 0. The topological polar surface area (TPSA) is 18.5 Å². The van der Waals surface area contributed by atoms with E-state index in [4.69, 9.17) is 9.47 Å². The number of ether oxygens (including phenoxy) is 2. The molecular weight excluding hydrogens is 152 g/mol. The fourth-order valence-corrected chi connectivity index (χ4v) is 1.69. The maximum atomic E-state index is 5.70. The van der Waals surface area contributed by atoms with Crippen LogP contribution in [0.25, 0.3) is 0 Å². The molecule has 0 amide bonds. The van der Waals surface area contributed by atoms with Crippen LogP contribution in [-0.2, 0) is 9.47 Å². The number of hydrogen-bond donors (Lipinski definition) is 0. The van der Waals surface area contributed by atoms with Gasteiger partial charge in [0.1, 0.15) is 11.7 Å². The van der Waals surface area contributed by atoms with Gasteiger partial charge in [0.05, 0.1) is 12.9 Å². The van der Waals surface area contributed by atoms with Gasteiger partial charge in [0.25, 0.3) is 0 Å². The standard InChI is InChI=1S/C10H14O2/c1-10(6-2-3-8-12-10)9-5-4-7-11-9/h2-4,7,9H,5-6,8H2,1H3/t9-,10+/m0/s1. The molecular formula is C10H14O2. The van der Waals surface area contributed by atoms with E-state index in [1.165, 1.54) is 0 Å². The van der Waals surface area contributed by atoms with Gasteiger partial charge in [-0.05, 0) is 19.4 Å². The molecule has 0 saturated carbocycles. The molecule has 0 spiro atoms. The zero-order valence-electron chi connectivity index (χ0n) is 7.32. The average molecular weight is 166 g/mol. The maximum absolute atomic E-state index is 5.70. The van der Waals surface area contributed by atoms with Crippen LogP contribution in [0.1, 0.15) is 19.8 Å². The highest BCUT2D eigenvalue weighted by molar-refractivity contribution is 5.04. The van der Waals surface area contributed by atoms with Crippen molar-refractivity contribution in [1.29, 1.82) is 0 Å². The second-order valence-corrected chi connectivity index (χ2v) is 3.53. The Balaban J connectivity index is 2.04. The molecule has 2 heteroatoms. The lowest BCUT2D eigenvalue weighted by Crippen LogP contribution is -2.42. The summed E-state index contributed by atoms with van der Waals surface area (Å²) < 4.78 is 11.2. The number of rotatable bonds is 1. The molecule has 0 aromatic carbocycles. The second-order valence-electron chi connectivity index (χ2n) is 3.53. The van der Waals surface area contributed by atoms with Gasteiger partial charge in [-0.3, -0.25) is 0 Å². The van der Waals surface area contributed by atoms with Crippen molar-refractivity contribution in [2.24, 2.45) is 0 Å². The van der Waals surface area contributed by atoms with Crippen LogP contribution in [0, 0.1) is 0 Å². The summed E-state index contributed by atoms with van der Waals surface area (Å²) in [5.74, 6) is 0. The normalized spacial score (nSPS) is 39.9. The SMILES string of the molecule is C[C@]1([C@@H]2CC=CO2)CC=CCO1. The molecule has 2 atom stereocenters. The van der Waals surface area contributed by atoms with E-state index in [1.54, 1.807) is 6.26 Å². The first kappa shape index (κ1) is 7.87. The Hall–Kier alpha value is -0.760. The van der Waals surface area contributed by atoms with Crippen LogP contribution in [0.5, 0.6) is 0 Å². The first-order valence-corrected chi connectivity index (χ1v) is 4.41. The van der Waals surface area contributed by atoms with Gasteiger partial charge in [-0.25, -0.2) is 0 Å². The molecule has 0 saturated heterocycles. The highest BCUT2D eigenvalue weighted by Crippen LogP contribution is 2.30. The summed E-state index contributed by atoms with van der Waals surface area (Å²) in [5, 5.41) is 0. The van der Waals surface area contributed by atoms with E-state index in [9.17, 15) is 0 Å². The minimum Gasteiger partial charge on any atom is -0.495 e. The average Bonchev–Trinajstić information content (AvgIpc) is 2.58. The Labute approximate surface area is 72.9 Å². The molecule has 0 N–H and O–H groups in total. The van der Waals surface area contributed by atoms with Crippen LogP contribution in [0.3, 0.4) is 0 Å². The molecule has 2 nitrogen and oxygen atoms in total. The van der Waals surface area contributed by atoms with Crippen LogP contribution in [0.4, 0.5) is 0 Å². The largest absolute Gasteiger partial charge is 0.495 e. The van der Waals surface area contributed by atoms with Crippen molar-refractivity contribution in [2.75, 3.05) is 6.61 Å². The van der Waals surface area contributed by atoms with Gasteiger partial charge in [0.2, 0.25) is 0 Å². The first-order chi connectivity index (χ1) is 5.81. The van der Waals surface area contributed by atoms with Gasteiger partial charge in [-0.1, -0.05) is 12.2 Å². The third-order valence-electron chi connectivity index (χ3n) is 2.57. The molecule has 0 aliphatic carbocycles. The third-order valence-corrected chi connectivity index (χ3v) is 2.57. The predicted octanol–water partition coefficient (Wildman–Crippen LogP) is 2.02. The van der Waals surface area contributed by atoms with E-state index in [0.717, 1.165) is 19.4 Å². The molecule has 2 rings (SSSR count). The minimum absolute atomic E-state index is 0.113. The van der Waals surface area contributed by atoms with E-state index in [0.29, 0.717) is 0 Å². The Kier molecular flexibility index (Phi) is 1.93. The monoisotopic (exact) mass is 166 g/mol. The summed E-state index contributed by atoms with van der Waals surface area (Å²) in [6.45, 7) is 2.84. The van der Waals surface area contributed by atoms with Gasteiger partial charge >= 0.3 is 0 Å². The van der Waals surface area contributed by atoms with Crippen molar-refractivity contribution < 1.29 is 9.47 Å². The van der Waals surface area contributed by atoms with Gasteiger partial charge in [0, 0.05) is 6.42 Å². The van der Waals surface area contributed by atoms with Crippen molar-refractivity contribution in [1.82, 2.24) is 0 Å². The quantitative estimate of drug-likeness (QED) is 0.555. The van der Waals surface area contributed by atoms with Crippen LogP contribution < -0.4 is 0 Å². The molecule has 0 radical (unpaired) electrons. The van der Waals surface area contributed by atoms with E-state index >= 15 is 0 Å². The van der Waals surface area contributed by atoms with Gasteiger partial charge in [-0.15, -0.1) is 0 Å². The fourth-order valence-electron chi connectivity index (χ4n) is 1.69. The van der Waals surface area contributed by atoms with Crippen molar-refractivity contribution in [3.63, 3.8) is 0 Å². The summed E-state index contributed by atoms with van der Waals surface area (Å²) >= 11 is 0. The van der Waals surface area contributed by atoms with Gasteiger partial charge in [0.15, 0.2) is 0 Å². The van der Waals surface area contributed by atoms with E-state index in [2.05, 4.69) is 25.2 Å². The van der Waals surface area contributed by atoms with E-state index < -0.39 is 0 Å². The molecule has 0 aromatic heterocycles.